The molecule has 0 radical (unpaired) electrons. The standard InChI is InChI=1S/C25H23NO2/c1-17-13-14-22-21(15-23(27)28-25(22)18(17)2)16-26-24(19-9-5-3-6-10-19)20-11-7-4-8-12-20/h3-15,24,26H,16H2,1-2H3/p+1. The van der Waals surface area contributed by atoms with Gasteiger partial charge in [0, 0.05) is 28.1 Å². The minimum Gasteiger partial charge on any atom is -0.422 e. The summed E-state index contributed by atoms with van der Waals surface area (Å²) in [5.41, 5.74) is 6.06. The smallest absolute Gasteiger partial charge is 0.336 e. The molecule has 0 unspecified atom stereocenters. The molecular formula is C25H24NO2+. The topological polar surface area (TPSA) is 46.8 Å². The highest BCUT2D eigenvalue weighted by molar-refractivity contribution is 5.83. The number of hydrogen-bond acceptors (Lipinski definition) is 2. The van der Waals surface area contributed by atoms with Crippen molar-refractivity contribution in [2.45, 2.75) is 26.4 Å². The van der Waals surface area contributed by atoms with Gasteiger partial charge in [-0.2, -0.15) is 0 Å². The summed E-state index contributed by atoms with van der Waals surface area (Å²) in [6, 6.07) is 26.9. The summed E-state index contributed by atoms with van der Waals surface area (Å²) >= 11 is 0. The Labute approximate surface area is 164 Å². The fourth-order valence-corrected chi connectivity index (χ4v) is 3.72. The molecule has 3 nitrogen and oxygen atoms in total. The summed E-state index contributed by atoms with van der Waals surface area (Å²) in [6.45, 7) is 4.73. The van der Waals surface area contributed by atoms with E-state index in [0.29, 0.717) is 12.1 Å². The molecule has 0 saturated carbocycles. The van der Waals surface area contributed by atoms with Crippen molar-refractivity contribution in [3.05, 3.63) is 117 Å². The molecule has 2 N–H and O–H groups in total. The largest absolute Gasteiger partial charge is 0.422 e. The first-order valence-corrected chi connectivity index (χ1v) is 9.59. The molecule has 4 aromatic rings. The third-order valence-corrected chi connectivity index (χ3v) is 5.41. The third kappa shape index (κ3) is 3.62. The molecule has 0 aliphatic rings. The second kappa shape index (κ2) is 7.83. The summed E-state index contributed by atoms with van der Waals surface area (Å²) < 4.78 is 5.52. The molecule has 0 bridgehead atoms. The molecular weight excluding hydrogens is 346 g/mol. The Hall–Kier alpha value is -3.17. The van der Waals surface area contributed by atoms with Gasteiger partial charge in [0.1, 0.15) is 18.2 Å². The van der Waals surface area contributed by atoms with Gasteiger partial charge < -0.3 is 9.73 Å². The first-order valence-electron chi connectivity index (χ1n) is 9.59. The van der Waals surface area contributed by atoms with Gasteiger partial charge in [-0.3, -0.25) is 0 Å². The fourth-order valence-electron chi connectivity index (χ4n) is 3.72. The molecule has 0 amide bonds. The number of fused-ring (bicyclic) bond motifs is 1. The van der Waals surface area contributed by atoms with E-state index in [-0.39, 0.29) is 11.7 Å². The second-order valence-corrected chi connectivity index (χ2v) is 7.21. The Bertz CT molecular complexity index is 1110. The van der Waals surface area contributed by atoms with E-state index in [0.717, 1.165) is 22.1 Å². The van der Waals surface area contributed by atoms with Gasteiger partial charge in [0.25, 0.3) is 0 Å². The van der Waals surface area contributed by atoms with Crippen LogP contribution >= 0.6 is 0 Å². The average molecular weight is 370 g/mol. The SMILES string of the molecule is Cc1ccc2c(C[NH2+]C(c3ccccc3)c3ccccc3)cc(=O)oc2c1C. The normalized spacial score (nSPS) is 11.2. The van der Waals surface area contributed by atoms with E-state index in [1.807, 2.05) is 26.0 Å². The zero-order valence-electron chi connectivity index (χ0n) is 16.2. The van der Waals surface area contributed by atoms with Gasteiger partial charge >= 0.3 is 5.63 Å². The van der Waals surface area contributed by atoms with Crippen LogP contribution in [0, 0.1) is 13.8 Å². The monoisotopic (exact) mass is 370 g/mol. The molecule has 4 rings (SSSR count). The molecule has 0 aliphatic heterocycles. The molecule has 0 spiro atoms. The lowest BCUT2D eigenvalue weighted by Gasteiger charge is -2.17. The van der Waals surface area contributed by atoms with Crippen molar-refractivity contribution >= 4 is 11.0 Å². The van der Waals surface area contributed by atoms with E-state index in [1.54, 1.807) is 6.07 Å². The first kappa shape index (κ1) is 18.2. The molecule has 3 aromatic carbocycles. The van der Waals surface area contributed by atoms with Crippen LogP contribution in [0.15, 0.2) is 88.1 Å². The summed E-state index contributed by atoms with van der Waals surface area (Å²) in [7, 11) is 0. The Morgan fingerprint density at radius 2 is 1.46 bits per heavy atom. The Morgan fingerprint density at radius 1 is 0.857 bits per heavy atom. The van der Waals surface area contributed by atoms with Crippen molar-refractivity contribution in [1.82, 2.24) is 0 Å². The minimum absolute atomic E-state index is 0.163. The van der Waals surface area contributed by atoms with E-state index < -0.39 is 0 Å². The maximum atomic E-state index is 12.2. The van der Waals surface area contributed by atoms with Crippen molar-refractivity contribution in [3.63, 3.8) is 0 Å². The molecule has 140 valence electrons. The van der Waals surface area contributed by atoms with Gasteiger partial charge in [0.05, 0.1) is 0 Å². The number of benzene rings is 3. The van der Waals surface area contributed by atoms with Gasteiger partial charge in [-0.15, -0.1) is 0 Å². The second-order valence-electron chi connectivity index (χ2n) is 7.21. The predicted octanol–water partition coefficient (Wildman–Crippen LogP) is 4.26. The van der Waals surface area contributed by atoms with Gasteiger partial charge in [-0.1, -0.05) is 72.8 Å². The summed E-state index contributed by atoms with van der Waals surface area (Å²) in [4.78, 5) is 12.2. The number of quaternary nitrogens is 1. The molecule has 1 aromatic heterocycles. The van der Waals surface area contributed by atoms with Gasteiger partial charge in [-0.05, 0) is 25.0 Å². The van der Waals surface area contributed by atoms with Crippen molar-refractivity contribution in [1.29, 1.82) is 0 Å². The van der Waals surface area contributed by atoms with Crippen molar-refractivity contribution < 1.29 is 9.73 Å². The van der Waals surface area contributed by atoms with Crippen LogP contribution in [-0.4, -0.2) is 0 Å². The van der Waals surface area contributed by atoms with E-state index >= 15 is 0 Å². The van der Waals surface area contributed by atoms with Crippen molar-refractivity contribution in [3.8, 4) is 0 Å². The zero-order chi connectivity index (χ0) is 19.5. The maximum absolute atomic E-state index is 12.2. The van der Waals surface area contributed by atoms with E-state index in [9.17, 15) is 4.79 Å². The Kier molecular flexibility index (Phi) is 5.09. The minimum atomic E-state index is -0.291. The van der Waals surface area contributed by atoms with Crippen LogP contribution in [0.2, 0.25) is 0 Å². The Morgan fingerprint density at radius 3 is 2.07 bits per heavy atom. The highest BCUT2D eigenvalue weighted by atomic mass is 16.4. The van der Waals surface area contributed by atoms with Crippen LogP contribution in [-0.2, 0) is 6.54 Å². The van der Waals surface area contributed by atoms with Gasteiger partial charge in [-0.25, -0.2) is 4.79 Å². The predicted molar refractivity (Wildman–Crippen MR) is 112 cm³/mol. The highest BCUT2D eigenvalue weighted by Gasteiger charge is 2.18. The van der Waals surface area contributed by atoms with Crippen LogP contribution < -0.4 is 10.9 Å². The van der Waals surface area contributed by atoms with Crippen LogP contribution in [0.1, 0.15) is 33.9 Å². The maximum Gasteiger partial charge on any atom is 0.336 e. The molecule has 28 heavy (non-hydrogen) atoms. The molecule has 0 saturated heterocycles. The molecule has 1 heterocycles. The summed E-state index contributed by atoms with van der Waals surface area (Å²) in [6.07, 6.45) is 0. The van der Waals surface area contributed by atoms with E-state index in [1.165, 1.54) is 11.1 Å². The van der Waals surface area contributed by atoms with Crippen LogP contribution in [0.5, 0.6) is 0 Å². The van der Waals surface area contributed by atoms with Crippen molar-refractivity contribution in [2.24, 2.45) is 0 Å². The van der Waals surface area contributed by atoms with E-state index in [2.05, 4.69) is 66.0 Å². The summed E-state index contributed by atoms with van der Waals surface area (Å²) in [5.74, 6) is 0. The molecule has 0 atom stereocenters. The molecule has 0 fully saturated rings. The lowest BCUT2D eigenvalue weighted by Crippen LogP contribution is -2.84. The number of aryl methyl sites for hydroxylation is 2. The zero-order valence-corrected chi connectivity index (χ0v) is 16.2. The van der Waals surface area contributed by atoms with Crippen LogP contribution in [0.25, 0.3) is 11.0 Å². The highest BCUT2D eigenvalue weighted by Crippen LogP contribution is 2.23. The Balaban J connectivity index is 1.72. The van der Waals surface area contributed by atoms with Gasteiger partial charge in [0.15, 0.2) is 0 Å². The number of nitrogens with two attached hydrogens (primary N) is 1. The molecule has 3 heteroatoms. The lowest BCUT2D eigenvalue weighted by atomic mass is 9.98. The summed E-state index contributed by atoms with van der Waals surface area (Å²) in [5, 5.41) is 3.30. The van der Waals surface area contributed by atoms with E-state index in [4.69, 9.17) is 4.42 Å². The lowest BCUT2D eigenvalue weighted by molar-refractivity contribution is -0.702. The third-order valence-electron chi connectivity index (χ3n) is 5.41. The number of rotatable bonds is 5. The van der Waals surface area contributed by atoms with Crippen molar-refractivity contribution in [2.75, 3.05) is 0 Å². The van der Waals surface area contributed by atoms with Crippen LogP contribution in [0.3, 0.4) is 0 Å². The first-order chi connectivity index (χ1) is 13.6. The average Bonchev–Trinajstić information content (AvgIpc) is 2.73. The number of hydrogen-bond donors (Lipinski definition) is 1. The van der Waals surface area contributed by atoms with Gasteiger partial charge in [0.2, 0.25) is 0 Å². The quantitative estimate of drug-likeness (QED) is 0.534. The fraction of sp³-hybridized carbons (Fsp3) is 0.160. The molecule has 0 aliphatic carbocycles. The van der Waals surface area contributed by atoms with Crippen LogP contribution in [0.4, 0.5) is 0 Å².